The fraction of sp³-hybridized carbons (Fsp3) is 0.0588. The van der Waals surface area contributed by atoms with Gasteiger partial charge in [-0.05, 0) is 126 Å². The van der Waals surface area contributed by atoms with E-state index in [1.54, 1.807) is 0 Å². The van der Waals surface area contributed by atoms with E-state index in [1.165, 1.54) is 72.1 Å². The lowest BCUT2D eigenvalue weighted by molar-refractivity contribution is 0.660. The number of benzene rings is 11. The Kier molecular flexibility index (Phi) is 8.88. The summed E-state index contributed by atoms with van der Waals surface area (Å²) in [6, 6.07) is 91.9. The van der Waals surface area contributed by atoms with Crippen LogP contribution < -0.4 is 4.90 Å². The maximum atomic E-state index is 7.34. The Morgan fingerprint density at radius 1 is 0.343 bits per heavy atom. The molecule has 0 spiro atoms. The Morgan fingerprint density at radius 3 is 1.50 bits per heavy atom. The number of hydrogen-bond donors (Lipinski definition) is 0. The molecule has 0 unspecified atom stereocenters. The molecule has 0 fully saturated rings. The molecule has 0 atom stereocenters. The number of rotatable bonds is 7. The van der Waals surface area contributed by atoms with E-state index in [4.69, 9.17) is 4.42 Å². The third-order valence-electron chi connectivity index (χ3n) is 15.5. The third-order valence-corrected chi connectivity index (χ3v) is 15.5. The van der Waals surface area contributed by atoms with Gasteiger partial charge in [-0.3, -0.25) is 0 Å². The summed E-state index contributed by atoms with van der Waals surface area (Å²) in [7, 11) is 0. The maximum Gasteiger partial charge on any atom is 0.160 e. The smallest absolute Gasteiger partial charge is 0.160 e. The summed E-state index contributed by atoms with van der Waals surface area (Å²) in [5, 5.41) is 4.52. The van der Waals surface area contributed by atoms with Gasteiger partial charge >= 0.3 is 0 Å². The molecule has 1 heterocycles. The van der Waals surface area contributed by atoms with Crippen molar-refractivity contribution in [2.45, 2.75) is 24.7 Å². The SMILES string of the molecule is CC1(C)c2ccccc2-c2ccc(N(c3ccc4c(c3)C(c3ccccc3)(c3ccccc3)c3ccccc3-4)c3c(-c4ccc(-c5ccccc5)cc4)ccc4c3oc3cc5ccccc5cc34)cc21. The second-order valence-corrected chi connectivity index (χ2v) is 19.6. The highest BCUT2D eigenvalue weighted by atomic mass is 16.3. The standard InChI is InChI=1S/C68H47NO/c1-67(2)60-28-16-14-26-54(60)56-36-34-51(42-62(56)67)69(52-35-37-57-55-27-15-17-29-61(55)68(63(57)43-52,49-22-8-4-9-23-49)50-24-10-5-11-25-50)65-53(46-32-30-45(31-33-46)44-18-6-3-7-19-44)38-39-58-59-40-47-20-12-13-21-48(47)41-64(59)70-66(58)65/h3-43H,1-2H3. The first-order valence-corrected chi connectivity index (χ1v) is 24.4. The molecule has 0 saturated carbocycles. The highest BCUT2D eigenvalue weighted by Crippen LogP contribution is 2.59. The molecule has 2 aliphatic rings. The van der Waals surface area contributed by atoms with Gasteiger partial charge in [-0.2, -0.15) is 0 Å². The van der Waals surface area contributed by atoms with Gasteiger partial charge in [0, 0.05) is 33.1 Å². The molecule has 0 aliphatic heterocycles. The molecule has 12 aromatic rings. The monoisotopic (exact) mass is 893 g/mol. The largest absolute Gasteiger partial charge is 0.454 e. The van der Waals surface area contributed by atoms with Gasteiger partial charge in [-0.25, -0.2) is 0 Å². The molecule has 2 nitrogen and oxygen atoms in total. The van der Waals surface area contributed by atoms with Gasteiger partial charge in [-0.15, -0.1) is 0 Å². The average molecular weight is 894 g/mol. The van der Waals surface area contributed by atoms with Crippen molar-refractivity contribution >= 4 is 49.8 Å². The minimum absolute atomic E-state index is 0.218. The van der Waals surface area contributed by atoms with Crippen molar-refractivity contribution < 1.29 is 4.42 Å². The lowest BCUT2D eigenvalue weighted by atomic mass is 9.67. The lowest BCUT2D eigenvalue weighted by Gasteiger charge is -2.35. The molecule has 14 rings (SSSR count). The fourth-order valence-corrected chi connectivity index (χ4v) is 12.2. The normalized spacial score (nSPS) is 13.8. The van der Waals surface area contributed by atoms with Crippen LogP contribution in [0.5, 0.6) is 0 Å². The zero-order valence-corrected chi connectivity index (χ0v) is 39.0. The molecule has 0 N–H and O–H groups in total. The molecule has 70 heavy (non-hydrogen) atoms. The van der Waals surface area contributed by atoms with Crippen LogP contribution in [0.25, 0.3) is 77.2 Å². The predicted octanol–water partition coefficient (Wildman–Crippen LogP) is 18.2. The van der Waals surface area contributed by atoms with E-state index in [2.05, 4.69) is 267 Å². The zero-order chi connectivity index (χ0) is 46.6. The minimum Gasteiger partial charge on any atom is -0.454 e. The Hall–Kier alpha value is -8.72. The molecule has 11 aromatic carbocycles. The second-order valence-electron chi connectivity index (χ2n) is 19.6. The van der Waals surface area contributed by atoms with Crippen molar-refractivity contribution in [3.63, 3.8) is 0 Å². The van der Waals surface area contributed by atoms with E-state index in [-0.39, 0.29) is 5.41 Å². The van der Waals surface area contributed by atoms with Gasteiger partial charge < -0.3 is 9.32 Å². The highest BCUT2D eigenvalue weighted by molar-refractivity contribution is 6.16. The van der Waals surface area contributed by atoms with Crippen LogP contribution in [0.4, 0.5) is 17.1 Å². The molecule has 1 aromatic heterocycles. The van der Waals surface area contributed by atoms with Crippen LogP contribution in [0, 0.1) is 0 Å². The van der Waals surface area contributed by atoms with Crippen LogP contribution in [-0.2, 0) is 10.8 Å². The number of hydrogen-bond acceptors (Lipinski definition) is 2. The van der Waals surface area contributed by atoms with E-state index >= 15 is 0 Å². The van der Waals surface area contributed by atoms with Gasteiger partial charge in [0.05, 0.1) is 11.1 Å². The van der Waals surface area contributed by atoms with Crippen LogP contribution in [0.3, 0.4) is 0 Å². The fourth-order valence-electron chi connectivity index (χ4n) is 12.2. The van der Waals surface area contributed by atoms with Crippen LogP contribution in [-0.4, -0.2) is 0 Å². The van der Waals surface area contributed by atoms with Crippen LogP contribution in [0.2, 0.25) is 0 Å². The first kappa shape index (κ1) is 40.4. The van der Waals surface area contributed by atoms with Crippen molar-refractivity contribution in [1.82, 2.24) is 0 Å². The summed E-state index contributed by atoms with van der Waals surface area (Å²) in [5.74, 6) is 0. The van der Waals surface area contributed by atoms with Gasteiger partial charge in [0.15, 0.2) is 5.58 Å². The summed E-state index contributed by atoms with van der Waals surface area (Å²) in [6.07, 6.45) is 0. The number of anilines is 3. The van der Waals surface area contributed by atoms with Crippen molar-refractivity contribution in [1.29, 1.82) is 0 Å². The summed E-state index contributed by atoms with van der Waals surface area (Å²) in [4.78, 5) is 2.51. The third kappa shape index (κ3) is 5.87. The van der Waals surface area contributed by atoms with E-state index in [1.807, 2.05) is 0 Å². The van der Waals surface area contributed by atoms with E-state index in [0.29, 0.717) is 0 Å². The van der Waals surface area contributed by atoms with Gasteiger partial charge in [0.2, 0.25) is 0 Å². The molecule has 330 valence electrons. The molecular formula is C68H47NO. The number of fused-ring (bicyclic) bond motifs is 10. The van der Waals surface area contributed by atoms with Gasteiger partial charge in [0.25, 0.3) is 0 Å². The van der Waals surface area contributed by atoms with Gasteiger partial charge in [0.1, 0.15) is 5.58 Å². The minimum atomic E-state index is -0.584. The van der Waals surface area contributed by atoms with Crippen LogP contribution in [0.15, 0.2) is 253 Å². The van der Waals surface area contributed by atoms with Gasteiger partial charge in [-0.1, -0.05) is 220 Å². The first-order chi connectivity index (χ1) is 34.5. The summed E-state index contributed by atoms with van der Waals surface area (Å²) in [6.45, 7) is 4.74. The molecule has 2 heteroatoms. The summed E-state index contributed by atoms with van der Waals surface area (Å²) in [5.41, 5.74) is 21.3. The number of furan rings is 1. The average Bonchev–Trinajstić information content (AvgIpc) is 4.01. The maximum absolute atomic E-state index is 7.34. The van der Waals surface area contributed by atoms with E-state index < -0.39 is 5.41 Å². The topological polar surface area (TPSA) is 16.4 Å². The Bertz CT molecular complexity index is 3970. The first-order valence-electron chi connectivity index (χ1n) is 24.4. The van der Waals surface area contributed by atoms with Crippen molar-refractivity contribution in [2.24, 2.45) is 0 Å². The molecule has 2 aliphatic carbocycles. The zero-order valence-electron chi connectivity index (χ0n) is 39.0. The molecule has 0 saturated heterocycles. The molecule has 0 bridgehead atoms. The summed E-state index contributed by atoms with van der Waals surface area (Å²) < 4.78 is 7.34. The quantitative estimate of drug-likeness (QED) is 0.158. The predicted molar refractivity (Wildman–Crippen MR) is 292 cm³/mol. The Balaban J connectivity index is 1.09. The highest BCUT2D eigenvalue weighted by Gasteiger charge is 2.46. The number of nitrogens with zero attached hydrogens (tertiary/aromatic N) is 1. The molecule has 0 amide bonds. The van der Waals surface area contributed by atoms with Crippen molar-refractivity contribution in [3.8, 4) is 44.5 Å². The molecular weight excluding hydrogens is 847 g/mol. The van der Waals surface area contributed by atoms with Crippen LogP contribution in [0.1, 0.15) is 47.2 Å². The van der Waals surface area contributed by atoms with Crippen LogP contribution >= 0.6 is 0 Å². The van der Waals surface area contributed by atoms with E-state index in [9.17, 15) is 0 Å². The Labute approximate surface area is 408 Å². The van der Waals surface area contributed by atoms with Crippen molar-refractivity contribution in [3.05, 3.63) is 282 Å². The molecule has 0 radical (unpaired) electrons. The summed E-state index contributed by atoms with van der Waals surface area (Å²) >= 11 is 0. The van der Waals surface area contributed by atoms with E-state index in [0.717, 1.165) is 55.5 Å². The Morgan fingerprint density at radius 2 is 0.829 bits per heavy atom. The lowest BCUT2D eigenvalue weighted by Crippen LogP contribution is -2.28. The second kappa shape index (κ2) is 15.4. The van der Waals surface area contributed by atoms with Crippen molar-refractivity contribution in [2.75, 3.05) is 4.90 Å².